The molecular formula is C18H13Cl3NO4-. The lowest BCUT2D eigenvalue weighted by molar-refractivity contribution is -0.306. The highest BCUT2D eigenvalue weighted by molar-refractivity contribution is 6.42. The molecule has 4 rings (SSSR count). The van der Waals surface area contributed by atoms with Gasteiger partial charge in [0.15, 0.2) is 0 Å². The number of ether oxygens (including phenoxy) is 1. The fourth-order valence-corrected chi connectivity index (χ4v) is 2.97. The standard InChI is InChI=1S/C12H11Cl2NO3.C6H3ClO/c1-12(5-10(16)17)6-18-11(15-12)7-2-3-8(13)9(14)4-7;7-5-3-4-1-2-6(5)8-4/h2-4H,5-6H2,1H3,(H,16,17);1-3H/p-1. The van der Waals surface area contributed by atoms with Gasteiger partial charge in [-0.3, -0.25) is 0 Å². The summed E-state index contributed by atoms with van der Waals surface area (Å²) in [4.78, 5) is 14.9. The molecule has 0 fully saturated rings. The maximum Gasteiger partial charge on any atom is 0.216 e. The first-order valence-corrected chi connectivity index (χ1v) is 8.74. The fourth-order valence-electron chi connectivity index (χ4n) is 2.47. The van der Waals surface area contributed by atoms with E-state index < -0.39 is 11.5 Å². The number of carboxylic acids is 1. The second kappa shape index (κ2) is 7.35. The normalized spacial score (nSPS) is 19.0. The molecular weight excluding hydrogens is 401 g/mol. The highest BCUT2D eigenvalue weighted by Gasteiger charge is 2.32. The van der Waals surface area contributed by atoms with E-state index in [-0.39, 0.29) is 13.0 Å². The van der Waals surface area contributed by atoms with Crippen molar-refractivity contribution < 1.29 is 19.1 Å². The van der Waals surface area contributed by atoms with E-state index in [1.807, 2.05) is 12.1 Å². The van der Waals surface area contributed by atoms with Crippen molar-refractivity contribution in [3.05, 3.63) is 57.0 Å². The van der Waals surface area contributed by atoms with Gasteiger partial charge in [-0.1, -0.05) is 34.8 Å². The minimum Gasteiger partial charge on any atom is -0.550 e. The molecule has 1 unspecified atom stereocenters. The Kier molecular flexibility index (Phi) is 5.32. The molecule has 2 bridgehead atoms. The summed E-state index contributed by atoms with van der Waals surface area (Å²) < 4.78 is 10.5. The summed E-state index contributed by atoms with van der Waals surface area (Å²) in [7, 11) is 0. The van der Waals surface area contributed by atoms with Crippen LogP contribution in [0, 0.1) is 0 Å². The van der Waals surface area contributed by atoms with Crippen LogP contribution in [-0.4, -0.2) is 24.0 Å². The Labute approximate surface area is 164 Å². The van der Waals surface area contributed by atoms with Gasteiger partial charge in [-0.25, -0.2) is 4.99 Å². The Balaban J connectivity index is 0.000000201. The third-order valence-corrected chi connectivity index (χ3v) is 4.75. The van der Waals surface area contributed by atoms with Crippen molar-refractivity contribution in [1.82, 2.24) is 0 Å². The van der Waals surface area contributed by atoms with Crippen LogP contribution in [-0.2, 0) is 9.53 Å². The molecule has 0 spiro atoms. The van der Waals surface area contributed by atoms with Crippen molar-refractivity contribution in [2.24, 2.45) is 4.99 Å². The number of carboxylic acid groups (broad SMARTS) is 1. The van der Waals surface area contributed by atoms with Crippen LogP contribution in [0.3, 0.4) is 0 Å². The van der Waals surface area contributed by atoms with E-state index in [9.17, 15) is 9.90 Å². The molecule has 0 aliphatic carbocycles. The van der Waals surface area contributed by atoms with Crippen LogP contribution in [0.2, 0.25) is 15.1 Å². The molecule has 0 amide bonds. The number of rotatable bonds is 3. The zero-order chi connectivity index (χ0) is 18.9. The molecule has 3 heterocycles. The molecule has 1 aromatic carbocycles. The summed E-state index contributed by atoms with van der Waals surface area (Å²) in [5.74, 6) is -0.780. The monoisotopic (exact) mass is 412 g/mol. The molecule has 5 nitrogen and oxygen atoms in total. The highest BCUT2D eigenvalue weighted by Crippen LogP contribution is 2.28. The van der Waals surface area contributed by atoms with Gasteiger partial charge < -0.3 is 19.1 Å². The number of fused-ring (bicyclic) bond motifs is 2. The molecule has 2 aromatic heterocycles. The van der Waals surface area contributed by atoms with Crippen molar-refractivity contribution in [3.8, 4) is 0 Å². The number of nitrogens with zero attached hydrogens (tertiary/aromatic N) is 1. The van der Waals surface area contributed by atoms with Crippen LogP contribution in [0.5, 0.6) is 0 Å². The quantitative estimate of drug-likeness (QED) is 0.645. The predicted octanol–water partition coefficient (Wildman–Crippen LogP) is 4.19. The second-order valence-corrected chi connectivity index (χ2v) is 7.30. The van der Waals surface area contributed by atoms with Crippen LogP contribution in [0.25, 0.3) is 11.2 Å². The first-order valence-electron chi connectivity index (χ1n) is 7.61. The van der Waals surface area contributed by atoms with E-state index in [2.05, 4.69) is 4.99 Å². The molecule has 26 heavy (non-hydrogen) atoms. The van der Waals surface area contributed by atoms with E-state index in [1.165, 1.54) is 0 Å². The first-order chi connectivity index (χ1) is 12.3. The summed E-state index contributed by atoms with van der Waals surface area (Å²) in [5.41, 5.74) is 1.51. The highest BCUT2D eigenvalue weighted by atomic mass is 35.5. The predicted molar refractivity (Wildman–Crippen MR) is 99.4 cm³/mol. The first kappa shape index (κ1) is 18.8. The number of benzene rings is 2. The number of aliphatic carboxylic acids is 1. The van der Waals surface area contributed by atoms with Crippen molar-refractivity contribution in [2.75, 3.05) is 6.61 Å². The Morgan fingerprint density at radius 2 is 1.92 bits per heavy atom. The summed E-state index contributed by atoms with van der Waals surface area (Å²) in [5, 5.41) is 12.2. The third kappa shape index (κ3) is 4.23. The molecule has 3 aromatic rings. The van der Waals surface area contributed by atoms with Gasteiger partial charge in [0.2, 0.25) is 5.90 Å². The minimum absolute atomic E-state index is 0.183. The van der Waals surface area contributed by atoms with Gasteiger partial charge in [0.1, 0.15) is 23.3 Å². The summed E-state index contributed by atoms with van der Waals surface area (Å²) >= 11 is 17.4. The fraction of sp³-hybridized carbons (Fsp3) is 0.222. The summed E-state index contributed by atoms with van der Waals surface area (Å²) in [6.45, 7) is 1.91. The molecule has 0 saturated heterocycles. The van der Waals surface area contributed by atoms with Crippen LogP contribution in [0.4, 0.5) is 0 Å². The molecule has 136 valence electrons. The molecule has 8 heteroatoms. The van der Waals surface area contributed by atoms with Crippen LogP contribution in [0.15, 0.2) is 45.8 Å². The maximum atomic E-state index is 10.6. The van der Waals surface area contributed by atoms with Crippen LogP contribution in [0.1, 0.15) is 18.9 Å². The number of carbonyl (C=O) groups excluding carboxylic acids is 1. The van der Waals surface area contributed by atoms with Crippen molar-refractivity contribution >= 4 is 57.8 Å². The molecule has 0 radical (unpaired) electrons. The van der Waals surface area contributed by atoms with Crippen LogP contribution < -0.4 is 5.11 Å². The lowest BCUT2D eigenvalue weighted by Crippen LogP contribution is -2.34. The average Bonchev–Trinajstić information content (AvgIpc) is 3.25. The van der Waals surface area contributed by atoms with Gasteiger partial charge >= 0.3 is 0 Å². The lowest BCUT2D eigenvalue weighted by Gasteiger charge is -2.17. The van der Waals surface area contributed by atoms with E-state index in [0.717, 1.165) is 11.2 Å². The van der Waals surface area contributed by atoms with Gasteiger partial charge in [0, 0.05) is 24.0 Å². The second-order valence-electron chi connectivity index (χ2n) is 6.07. The number of aliphatic imine (C=N–C) groups is 1. The van der Waals surface area contributed by atoms with Crippen molar-refractivity contribution in [2.45, 2.75) is 18.9 Å². The molecule has 0 N–H and O–H groups in total. The van der Waals surface area contributed by atoms with E-state index in [4.69, 9.17) is 44.0 Å². The molecule has 1 aliphatic rings. The van der Waals surface area contributed by atoms with E-state index in [0.29, 0.717) is 26.5 Å². The lowest BCUT2D eigenvalue weighted by atomic mass is 10.0. The largest absolute Gasteiger partial charge is 0.550 e. The van der Waals surface area contributed by atoms with Gasteiger partial charge in [-0.2, -0.15) is 0 Å². The molecule has 0 saturated carbocycles. The van der Waals surface area contributed by atoms with Crippen LogP contribution >= 0.6 is 34.8 Å². The van der Waals surface area contributed by atoms with Gasteiger partial charge in [-0.15, -0.1) is 0 Å². The Morgan fingerprint density at radius 3 is 2.42 bits per heavy atom. The number of hydrogen-bond acceptors (Lipinski definition) is 5. The number of hydrogen-bond donors (Lipinski definition) is 0. The third-order valence-electron chi connectivity index (χ3n) is 3.71. The van der Waals surface area contributed by atoms with Gasteiger partial charge in [0.25, 0.3) is 0 Å². The Bertz CT molecular complexity index is 968. The van der Waals surface area contributed by atoms with Gasteiger partial charge in [0.05, 0.1) is 15.1 Å². The topological polar surface area (TPSA) is 74.9 Å². The van der Waals surface area contributed by atoms with E-state index in [1.54, 1.807) is 31.2 Å². The van der Waals surface area contributed by atoms with Crippen molar-refractivity contribution in [1.29, 1.82) is 0 Å². The summed E-state index contributed by atoms with van der Waals surface area (Å²) in [6, 6.07) is 10.5. The smallest absolute Gasteiger partial charge is 0.216 e. The van der Waals surface area contributed by atoms with E-state index >= 15 is 0 Å². The van der Waals surface area contributed by atoms with Gasteiger partial charge in [-0.05, 0) is 37.3 Å². The SMILES string of the molecule is CC1(CC(=O)[O-])COC(c2ccc(Cl)c(Cl)c2)=N1.Clc1cc2ccc1o2. The Morgan fingerprint density at radius 1 is 1.15 bits per heavy atom. The molecule has 1 aliphatic heterocycles. The minimum atomic E-state index is -1.15. The maximum absolute atomic E-state index is 10.6. The molecule has 1 atom stereocenters. The zero-order valence-corrected chi connectivity index (χ0v) is 15.9. The average molecular weight is 414 g/mol. The zero-order valence-electron chi connectivity index (χ0n) is 13.6. The number of carbonyl (C=O) groups is 1. The Hall–Kier alpha value is -1.95. The number of halogens is 3. The van der Waals surface area contributed by atoms with Crippen molar-refractivity contribution in [3.63, 3.8) is 0 Å². The summed E-state index contributed by atoms with van der Waals surface area (Å²) in [6.07, 6.45) is -0.183. The number of furan rings is 2.